The fourth-order valence-electron chi connectivity index (χ4n) is 4.22. The molecule has 1 N–H and O–H groups in total. The zero-order valence-corrected chi connectivity index (χ0v) is 22.8. The fraction of sp³-hybridized carbons (Fsp3) is 0.429. The first-order valence-electron chi connectivity index (χ1n) is 12.6. The van der Waals surface area contributed by atoms with Crippen molar-refractivity contribution in [1.29, 1.82) is 0 Å². The molecular formula is C28H37N3O5S. The third-order valence-electron chi connectivity index (χ3n) is 6.45. The van der Waals surface area contributed by atoms with E-state index in [1.165, 1.54) is 23.1 Å². The Balaban J connectivity index is 1.95. The first kappa shape index (κ1) is 28.4. The molecule has 0 unspecified atom stereocenters. The molecule has 0 aromatic heterocycles. The van der Waals surface area contributed by atoms with Crippen LogP contribution in [0.2, 0.25) is 0 Å². The lowest BCUT2D eigenvalue weighted by Crippen LogP contribution is -2.46. The van der Waals surface area contributed by atoms with E-state index in [-0.39, 0.29) is 53.1 Å². The van der Waals surface area contributed by atoms with Crippen LogP contribution in [0, 0.1) is 5.92 Å². The van der Waals surface area contributed by atoms with Crippen LogP contribution in [-0.4, -0.2) is 62.8 Å². The molecule has 3 rings (SSSR count). The number of ether oxygens (including phenoxy) is 1. The maximum atomic E-state index is 13.4. The molecule has 2 aromatic rings. The number of sulfonamides is 1. The third-order valence-corrected chi connectivity index (χ3v) is 7.85. The van der Waals surface area contributed by atoms with Crippen molar-refractivity contribution in [3.05, 3.63) is 71.8 Å². The number of rotatable bonds is 5. The minimum absolute atomic E-state index is 0.0186. The van der Waals surface area contributed by atoms with Crippen molar-refractivity contribution in [2.24, 2.45) is 5.92 Å². The Hall–Kier alpha value is -3.17. The molecular weight excluding hydrogens is 490 g/mol. The van der Waals surface area contributed by atoms with Crippen LogP contribution in [0.5, 0.6) is 5.75 Å². The van der Waals surface area contributed by atoms with Crippen LogP contribution in [0.15, 0.2) is 65.6 Å². The molecule has 8 nitrogen and oxygen atoms in total. The molecule has 1 aliphatic rings. The molecule has 1 heterocycles. The summed E-state index contributed by atoms with van der Waals surface area (Å²) in [5, 5.41) is 0. The van der Waals surface area contributed by atoms with E-state index in [0.29, 0.717) is 13.1 Å². The van der Waals surface area contributed by atoms with Crippen LogP contribution in [0.25, 0.3) is 0 Å². The van der Waals surface area contributed by atoms with Crippen molar-refractivity contribution in [3.63, 3.8) is 0 Å². The monoisotopic (exact) mass is 527 g/mol. The molecule has 0 bridgehead atoms. The standard InChI is InChI=1S/C28H37N3O5S/c1-21(2)26-20-36-27-15-14-24(37(34,35)29-19-23-12-8-7-9-13-23)18-25(27)28(33)30(4)16-10-5-6-11-17-31(26)22(3)32/h5,7-10,12-15,18,21,26,29H,6,11,16-17,19-20H2,1-4H3/b10-5+/t26-/m1/s1. The number of fused-ring (bicyclic) bond motifs is 1. The number of carbonyl (C=O) groups is 2. The van der Waals surface area contributed by atoms with E-state index in [1.807, 2.05) is 61.2 Å². The Kier molecular flexibility index (Phi) is 9.88. The number of hydrogen-bond donors (Lipinski definition) is 1. The quantitative estimate of drug-likeness (QED) is 0.596. The van der Waals surface area contributed by atoms with Gasteiger partial charge in [-0.15, -0.1) is 0 Å². The number of amides is 2. The molecule has 2 amide bonds. The van der Waals surface area contributed by atoms with Gasteiger partial charge < -0.3 is 14.5 Å². The number of nitrogens with zero attached hydrogens (tertiary/aromatic N) is 2. The van der Waals surface area contributed by atoms with Gasteiger partial charge in [0.25, 0.3) is 5.91 Å². The van der Waals surface area contributed by atoms with Crippen molar-refractivity contribution in [3.8, 4) is 5.75 Å². The minimum Gasteiger partial charge on any atom is -0.491 e. The maximum absolute atomic E-state index is 13.4. The van der Waals surface area contributed by atoms with Gasteiger partial charge in [-0.3, -0.25) is 9.59 Å². The number of carbonyl (C=O) groups excluding carboxylic acids is 2. The summed E-state index contributed by atoms with van der Waals surface area (Å²) >= 11 is 0. The summed E-state index contributed by atoms with van der Waals surface area (Å²) in [5.41, 5.74) is 0.984. The molecule has 0 saturated carbocycles. The molecule has 0 radical (unpaired) electrons. The van der Waals surface area contributed by atoms with Crippen molar-refractivity contribution < 1.29 is 22.7 Å². The van der Waals surface area contributed by atoms with E-state index >= 15 is 0 Å². The summed E-state index contributed by atoms with van der Waals surface area (Å²) in [6, 6.07) is 13.3. The zero-order chi connectivity index (χ0) is 27.0. The lowest BCUT2D eigenvalue weighted by Gasteiger charge is -2.34. The van der Waals surface area contributed by atoms with Gasteiger partial charge >= 0.3 is 0 Å². The van der Waals surface area contributed by atoms with Gasteiger partial charge in [0.2, 0.25) is 15.9 Å². The molecule has 200 valence electrons. The van der Waals surface area contributed by atoms with E-state index < -0.39 is 10.0 Å². The predicted molar refractivity (Wildman–Crippen MR) is 144 cm³/mol. The fourth-order valence-corrected chi connectivity index (χ4v) is 5.26. The number of hydrogen-bond acceptors (Lipinski definition) is 5. The molecule has 2 aromatic carbocycles. The summed E-state index contributed by atoms with van der Waals surface area (Å²) in [6.07, 6.45) is 5.50. The highest BCUT2D eigenvalue weighted by Crippen LogP contribution is 2.26. The molecule has 0 spiro atoms. The molecule has 0 saturated heterocycles. The summed E-state index contributed by atoms with van der Waals surface area (Å²) in [7, 11) is -2.21. The zero-order valence-electron chi connectivity index (χ0n) is 22.0. The van der Waals surface area contributed by atoms with Crippen LogP contribution in [-0.2, 0) is 21.4 Å². The highest BCUT2D eigenvalue weighted by atomic mass is 32.2. The molecule has 0 aliphatic carbocycles. The van der Waals surface area contributed by atoms with Crippen molar-refractivity contribution in [2.75, 3.05) is 26.7 Å². The first-order valence-corrected chi connectivity index (χ1v) is 14.1. The van der Waals surface area contributed by atoms with Crippen LogP contribution in [0.4, 0.5) is 0 Å². The molecule has 37 heavy (non-hydrogen) atoms. The Morgan fingerprint density at radius 2 is 1.86 bits per heavy atom. The average Bonchev–Trinajstić information content (AvgIpc) is 2.87. The second kappa shape index (κ2) is 12.9. The van der Waals surface area contributed by atoms with Crippen LogP contribution in [0.3, 0.4) is 0 Å². The van der Waals surface area contributed by atoms with Gasteiger partial charge in [-0.05, 0) is 42.5 Å². The summed E-state index contributed by atoms with van der Waals surface area (Å²) in [6.45, 7) is 6.91. The second-order valence-electron chi connectivity index (χ2n) is 9.60. The van der Waals surface area contributed by atoms with Gasteiger partial charge in [0.1, 0.15) is 12.4 Å². The average molecular weight is 528 g/mol. The topological polar surface area (TPSA) is 96.0 Å². The Labute approximate surface area is 220 Å². The Bertz CT molecular complexity index is 1210. The Morgan fingerprint density at radius 1 is 1.14 bits per heavy atom. The van der Waals surface area contributed by atoms with Gasteiger partial charge in [-0.1, -0.05) is 56.3 Å². The lowest BCUT2D eigenvalue weighted by molar-refractivity contribution is -0.133. The van der Waals surface area contributed by atoms with Crippen LogP contribution in [0.1, 0.15) is 49.5 Å². The smallest absolute Gasteiger partial charge is 0.257 e. The highest BCUT2D eigenvalue weighted by Gasteiger charge is 2.27. The van der Waals surface area contributed by atoms with Crippen molar-refractivity contribution >= 4 is 21.8 Å². The van der Waals surface area contributed by atoms with Crippen molar-refractivity contribution in [2.45, 2.75) is 51.1 Å². The van der Waals surface area contributed by atoms with Crippen LogP contribution < -0.4 is 9.46 Å². The van der Waals surface area contributed by atoms with Crippen LogP contribution >= 0.6 is 0 Å². The summed E-state index contributed by atoms with van der Waals surface area (Å²) < 4.78 is 34.9. The van der Waals surface area contributed by atoms with E-state index in [1.54, 1.807) is 14.0 Å². The Morgan fingerprint density at radius 3 is 2.54 bits per heavy atom. The van der Waals surface area contributed by atoms with Gasteiger partial charge in [-0.2, -0.15) is 0 Å². The first-order chi connectivity index (χ1) is 17.6. The molecule has 9 heteroatoms. The lowest BCUT2D eigenvalue weighted by atomic mass is 10.0. The summed E-state index contributed by atoms with van der Waals surface area (Å²) in [4.78, 5) is 29.1. The number of likely N-dealkylation sites (N-methyl/N-ethyl adjacent to an activating group) is 1. The second-order valence-corrected chi connectivity index (χ2v) is 11.4. The van der Waals surface area contributed by atoms with Gasteiger partial charge in [-0.25, -0.2) is 13.1 Å². The predicted octanol–water partition coefficient (Wildman–Crippen LogP) is 3.84. The van der Waals surface area contributed by atoms with Gasteiger partial charge in [0.05, 0.1) is 16.5 Å². The largest absolute Gasteiger partial charge is 0.491 e. The van der Waals surface area contributed by atoms with E-state index in [9.17, 15) is 18.0 Å². The maximum Gasteiger partial charge on any atom is 0.257 e. The SMILES string of the molecule is CC(=O)N1CCC/C=C/CN(C)C(=O)c2cc(S(=O)(=O)NCc3ccccc3)ccc2OC[C@@H]1C(C)C. The number of allylic oxidation sites excluding steroid dienone is 1. The highest BCUT2D eigenvalue weighted by molar-refractivity contribution is 7.89. The number of nitrogens with one attached hydrogen (secondary N) is 1. The van der Waals surface area contributed by atoms with E-state index in [0.717, 1.165) is 18.4 Å². The van der Waals surface area contributed by atoms with Gasteiger partial charge in [0.15, 0.2) is 0 Å². The van der Waals surface area contributed by atoms with E-state index in [4.69, 9.17) is 4.74 Å². The van der Waals surface area contributed by atoms with Gasteiger partial charge in [0, 0.05) is 33.6 Å². The minimum atomic E-state index is -3.88. The van der Waals surface area contributed by atoms with Crippen molar-refractivity contribution in [1.82, 2.24) is 14.5 Å². The van der Waals surface area contributed by atoms with E-state index in [2.05, 4.69) is 4.72 Å². The number of benzene rings is 2. The normalized spacial score (nSPS) is 18.6. The molecule has 1 aliphatic heterocycles. The third kappa shape index (κ3) is 7.66. The molecule has 0 fully saturated rings. The summed E-state index contributed by atoms with van der Waals surface area (Å²) in [5.74, 6) is 0.0340. The molecule has 1 atom stereocenters.